The maximum atomic E-state index is 10.9. The van der Waals surface area contributed by atoms with Gasteiger partial charge in [-0.1, -0.05) is 35.9 Å². The van der Waals surface area contributed by atoms with E-state index in [1.54, 1.807) is 18.2 Å². The van der Waals surface area contributed by atoms with Crippen LogP contribution in [-0.4, -0.2) is 4.92 Å². The first-order chi connectivity index (χ1) is 9.40. The second kappa shape index (κ2) is 5.51. The molecular weight excluding hydrogens is 252 g/mol. The Kier molecular flexibility index (Phi) is 3.03. The lowest BCUT2D eigenvalue weighted by molar-refractivity contribution is -0.384. The van der Waals surface area contributed by atoms with Gasteiger partial charge in [0, 0.05) is 17.6 Å². The summed E-state index contributed by atoms with van der Waals surface area (Å²) in [5, 5.41) is 14.0. The first-order valence-electron chi connectivity index (χ1n) is 6.18. The van der Waals surface area contributed by atoms with E-state index in [9.17, 15) is 10.1 Å². The second-order valence-electron chi connectivity index (χ2n) is 3.53. The van der Waals surface area contributed by atoms with Crippen molar-refractivity contribution >= 4 is 23.0 Å². The van der Waals surface area contributed by atoms with Crippen LogP contribution in [0.15, 0.2) is 48.5 Å². The summed E-state index contributed by atoms with van der Waals surface area (Å²) in [6, 6.07) is 12.1. The van der Waals surface area contributed by atoms with Crippen LogP contribution in [-0.2, 0) is 6.50 Å². The smallest absolute Gasteiger partial charge is 0.292 e. The molecule has 0 aromatic heterocycles. The number of hydrogen-bond donors (Lipinski definition) is 1. The summed E-state index contributed by atoms with van der Waals surface area (Å²) in [6.07, 6.45) is 0. The molecule has 92 valence electrons. The zero-order chi connectivity index (χ0) is 14.8. The lowest BCUT2D eigenvalue weighted by atomic mass is 10.2. The van der Waals surface area contributed by atoms with Crippen molar-refractivity contribution in [1.82, 2.24) is 0 Å². The van der Waals surface area contributed by atoms with E-state index in [-0.39, 0.29) is 11.4 Å². The van der Waals surface area contributed by atoms with E-state index in [0.717, 1.165) is 0 Å². The molecule has 0 unspecified atom stereocenters. The monoisotopic (exact) mass is 264 g/mol. The number of benzene rings is 2. The number of nitro groups is 1. The van der Waals surface area contributed by atoms with Gasteiger partial charge in [-0.25, -0.2) is 0 Å². The van der Waals surface area contributed by atoms with Gasteiger partial charge in [0.2, 0.25) is 0 Å². The normalized spacial score (nSPS) is 12.5. The Hall–Kier alpha value is -2.07. The van der Waals surface area contributed by atoms with E-state index in [0.29, 0.717) is 10.6 Å². The molecule has 1 N–H and O–H groups in total. The predicted octanol–water partition coefficient (Wildman–Crippen LogP) is 3.86. The average Bonchev–Trinajstić information content (AvgIpc) is 2.39. The zero-order valence-electron chi connectivity index (χ0n) is 11.3. The maximum absolute atomic E-state index is 10.9. The van der Waals surface area contributed by atoms with E-state index in [1.807, 2.05) is 0 Å². The highest BCUT2D eigenvalue weighted by Crippen LogP contribution is 2.23. The van der Waals surface area contributed by atoms with Crippen molar-refractivity contribution in [2.75, 3.05) is 5.32 Å². The SMILES string of the molecule is [2H]C([2H])(Nc1ccccc1[N+](=O)[O-])c1ccc(Cl)cc1. The van der Waals surface area contributed by atoms with Crippen LogP contribution in [0.1, 0.15) is 8.30 Å². The molecule has 0 bridgehead atoms. The minimum atomic E-state index is -1.95. The largest absolute Gasteiger partial charge is 0.375 e. The van der Waals surface area contributed by atoms with Gasteiger partial charge >= 0.3 is 0 Å². The lowest BCUT2D eigenvalue weighted by Crippen LogP contribution is -2.02. The van der Waals surface area contributed by atoms with Crippen LogP contribution >= 0.6 is 11.6 Å². The lowest BCUT2D eigenvalue weighted by Gasteiger charge is -2.07. The van der Waals surface area contributed by atoms with Gasteiger partial charge in [-0.3, -0.25) is 10.1 Å². The number of para-hydroxylation sites is 2. The molecule has 0 aliphatic heterocycles. The summed E-state index contributed by atoms with van der Waals surface area (Å²) in [4.78, 5) is 10.4. The van der Waals surface area contributed by atoms with Gasteiger partial charge in [-0.15, -0.1) is 0 Å². The molecule has 5 heteroatoms. The maximum Gasteiger partial charge on any atom is 0.292 e. The highest BCUT2D eigenvalue weighted by Gasteiger charge is 2.11. The number of nitrogens with one attached hydrogen (secondary N) is 1. The molecule has 4 nitrogen and oxygen atoms in total. The first-order valence-corrected chi connectivity index (χ1v) is 5.55. The average molecular weight is 265 g/mol. The summed E-state index contributed by atoms with van der Waals surface area (Å²) in [6.45, 7) is -1.95. The van der Waals surface area contributed by atoms with Crippen LogP contribution in [0.4, 0.5) is 11.4 Å². The Morgan fingerprint density at radius 3 is 2.56 bits per heavy atom. The van der Waals surface area contributed by atoms with Crippen LogP contribution in [0.2, 0.25) is 5.02 Å². The highest BCUT2D eigenvalue weighted by molar-refractivity contribution is 6.30. The standard InChI is InChI=1S/C13H11ClN2O2/c14-11-7-5-10(6-8-11)9-15-12-3-1-2-4-13(12)16(17)18/h1-8,15H,9H2/i9D2. The molecule has 0 atom stereocenters. The molecule has 2 aromatic rings. The van der Waals surface area contributed by atoms with Crippen LogP contribution in [0.25, 0.3) is 0 Å². The Bertz CT molecular complexity index is 633. The minimum absolute atomic E-state index is 0.123. The molecule has 0 saturated carbocycles. The topological polar surface area (TPSA) is 55.2 Å². The van der Waals surface area contributed by atoms with E-state index in [1.165, 1.54) is 30.3 Å². The molecule has 18 heavy (non-hydrogen) atoms. The van der Waals surface area contributed by atoms with Crippen molar-refractivity contribution in [3.63, 3.8) is 0 Å². The first kappa shape index (κ1) is 9.91. The molecule has 2 rings (SSSR count). The van der Waals surface area contributed by atoms with Crippen molar-refractivity contribution in [2.24, 2.45) is 0 Å². The summed E-state index contributed by atoms with van der Waals surface area (Å²) >= 11 is 5.76. The van der Waals surface area contributed by atoms with Gasteiger partial charge in [0.1, 0.15) is 5.69 Å². The van der Waals surface area contributed by atoms with Gasteiger partial charge < -0.3 is 5.32 Å². The van der Waals surface area contributed by atoms with Crippen LogP contribution in [0.5, 0.6) is 0 Å². The second-order valence-corrected chi connectivity index (χ2v) is 3.97. The van der Waals surface area contributed by atoms with Crippen molar-refractivity contribution in [2.45, 2.75) is 6.50 Å². The number of hydrogen-bond acceptors (Lipinski definition) is 3. The fourth-order valence-corrected chi connectivity index (χ4v) is 1.54. The van der Waals surface area contributed by atoms with E-state index >= 15 is 0 Å². The quantitative estimate of drug-likeness (QED) is 0.674. The summed E-state index contributed by atoms with van der Waals surface area (Å²) in [5.74, 6) is 0. The van der Waals surface area contributed by atoms with Crippen molar-refractivity contribution in [3.05, 3.63) is 69.2 Å². The summed E-state index contributed by atoms with van der Waals surface area (Å²) in [7, 11) is 0. The van der Waals surface area contributed by atoms with Gasteiger partial charge in [0.05, 0.1) is 7.66 Å². The molecule has 0 heterocycles. The third kappa shape index (κ3) is 2.99. The minimum Gasteiger partial charge on any atom is -0.375 e. The van der Waals surface area contributed by atoms with Gasteiger partial charge in [0.15, 0.2) is 0 Å². The Balaban J connectivity index is 2.33. The summed E-state index contributed by atoms with van der Waals surface area (Å²) < 4.78 is 16.0. The van der Waals surface area contributed by atoms with Crippen LogP contribution in [0, 0.1) is 10.1 Å². The number of anilines is 1. The fourth-order valence-electron chi connectivity index (χ4n) is 1.41. The number of nitro benzene ring substituents is 1. The van der Waals surface area contributed by atoms with Crippen molar-refractivity contribution in [3.8, 4) is 0 Å². The third-order valence-electron chi connectivity index (χ3n) is 2.29. The fraction of sp³-hybridized carbons (Fsp3) is 0.0769. The highest BCUT2D eigenvalue weighted by atomic mass is 35.5. The summed E-state index contributed by atoms with van der Waals surface area (Å²) in [5.41, 5.74) is 0.280. The van der Waals surface area contributed by atoms with Gasteiger partial charge in [-0.2, -0.15) is 0 Å². The third-order valence-corrected chi connectivity index (χ3v) is 2.54. The number of rotatable bonds is 4. The Morgan fingerprint density at radius 1 is 1.22 bits per heavy atom. The molecule has 2 aromatic carbocycles. The van der Waals surface area contributed by atoms with Crippen LogP contribution in [0.3, 0.4) is 0 Å². The number of halogens is 1. The molecule has 0 aliphatic carbocycles. The van der Waals surface area contributed by atoms with Crippen molar-refractivity contribution in [1.29, 1.82) is 0 Å². The van der Waals surface area contributed by atoms with Gasteiger partial charge in [0.25, 0.3) is 5.69 Å². The van der Waals surface area contributed by atoms with E-state index in [4.69, 9.17) is 14.3 Å². The Morgan fingerprint density at radius 2 is 1.89 bits per heavy atom. The molecule has 0 amide bonds. The van der Waals surface area contributed by atoms with E-state index < -0.39 is 11.4 Å². The molecule has 0 radical (unpaired) electrons. The molecule has 0 saturated heterocycles. The molecular formula is C13H11ClN2O2. The van der Waals surface area contributed by atoms with Crippen molar-refractivity contribution < 1.29 is 7.66 Å². The molecule has 0 spiro atoms. The predicted molar refractivity (Wildman–Crippen MR) is 71.9 cm³/mol. The molecule has 0 fully saturated rings. The Labute approximate surface area is 112 Å². The van der Waals surface area contributed by atoms with E-state index in [2.05, 4.69) is 5.32 Å². The number of nitrogens with zero attached hydrogens (tertiary/aromatic N) is 1. The van der Waals surface area contributed by atoms with Crippen LogP contribution < -0.4 is 5.32 Å². The zero-order valence-corrected chi connectivity index (χ0v) is 10.0. The van der Waals surface area contributed by atoms with Gasteiger partial charge in [-0.05, 0) is 23.8 Å². The molecule has 0 aliphatic rings.